The Morgan fingerprint density at radius 1 is 1.38 bits per heavy atom. The minimum absolute atomic E-state index is 0.357. The average Bonchev–Trinajstić information content (AvgIpc) is 2.29. The SMILES string of the molecule is CCN(CC)CCSc1nc(N)ncc1C. The number of hydrogen-bond acceptors (Lipinski definition) is 5. The molecule has 1 heterocycles. The molecule has 0 aliphatic carbocycles. The van der Waals surface area contributed by atoms with Gasteiger partial charge in [0.05, 0.1) is 0 Å². The van der Waals surface area contributed by atoms with Crippen molar-refractivity contribution in [2.75, 3.05) is 31.1 Å². The number of rotatable bonds is 6. The molecule has 5 heteroatoms. The lowest BCUT2D eigenvalue weighted by Gasteiger charge is -2.17. The van der Waals surface area contributed by atoms with Gasteiger partial charge in [0.2, 0.25) is 5.95 Å². The molecule has 0 unspecified atom stereocenters. The number of nitrogens with zero attached hydrogens (tertiary/aromatic N) is 3. The first-order chi connectivity index (χ1) is 7.67. The van der Waals surface area contributed by atoms with E-state index in [1.807, 2.05) is 6.92 Å². The molecule has 0 radical (unpaired) electrons. The van der Waals surface area contributed by atoms with Gasteiger partial charge in [-0.25, -0.2) is 9.97 Å². The summed E-state index contributed by atoms with van der Waals surface area (Å²) in [6.45, 7) is 9.66. The maximum Gasteiger partial charge on any atom is 0.221 e. The Bertz CT molecular complexity index is 326. The molecular formula is C11H20N4S. The van der Waals surface area contributed by atoms with Gasteiger partial charge >= 0.3 is 0 Å². The summed E-state index contributed by atoms with van der Waals surface area (Å²) in [6.07, 6.45) is 1.78. The lowest BCUT2D eigenvalue weighted by Crippen LogP contribution is -2.25. The van der Waals surface area contributed by atoms with Crippen LogP contribution in [0.4, 0.5) is 5.95 Å². The molecule has 0 aliphatic rings. The van der Waals surface area contributed by atoms with Crippen LogP contribution in [-0.2, 0) is 0 Å². The van der Waals surface area contributed by atoms with E-state index in [1.54, 1.807) is 18.0 Å². The third-order valence-electron chi connectivity index (χ3n) is 2.48. The lowest BCUT2D eigenvalue weighted by atomic mass is 10.4. The molecule has 16 heavy (non-hydrogen) atoms. The summed E-state index contributed by atoms with van der Waals surface area (Å²) in [6, 6.07) is 0. The molecule has 0 atom stereocenters. The van der Waals surface area contributed by atoms with Crippen molar-refractivity contribution in [1.82, 2.24) is 14.9 Å². The molecule has 4 nitrogen and oxygen atoms in total. The quantitative estimate of drug-likeness (QED) is 0.607. The molecule has 1 rings (SSSR count). The van der Waals surface area contributed by atoms with E-state index >= 15 is 0 Å². The van der Waals surface area contributed by atoms with Crippen molar-refractivity contribution in [1.29, 1.82) is 0 Å². The van der Waals surface area contributed by atoms with Gasteiger partial charge in [0.25, 0.3) is 0 Å². The average molecular weight is 240 g/mol. The zero-order chi connectivity index (χ0) is 12.0. The van der Waals surface area contributed by atoms with Crippen molar-refractivity contribution in [3.05, 3.63) is 11.8 Å². The summed E-state index contributed by atoms with van der Waals surface area (Å²) in [4.78, 5) is 10.6. The second-order valence-corrected chi connectivity index (χ2v) is 4.68. The standard InChI is InChI=1S/C11H20N4S/c1-4-15(5-2)6-7-16-10-9(3)8-13-11(12)14-10/h8H,4-7H2,1-3H3,(H2,12,13,14). The van der Waals surface area contributed by atoms with E-state index in [9.17, 15) is 0 Å². The molecule has 0 saturated heterocycles. The number of aromatic nitrogens is 2. The predicted molar refractivity (Wildman–Crippen MR) is 69.7 cm³/mol. The molecule has 90 valence electrons. The van der Waals surface area contributed by atoms with E-state index in [0.29, 0.717) is 5.95 Å². The summed E-state index contributed by atoms with van der Waals surface area (Å²) >= 11 is 1.75. The van der Waals surface area contributed by atoms with Crippen molar-refractivity contribution in [3.8, 4) is 0 Å². The molecule has 1 aromatic rings. The number of anilines is 1. The van der Waals surface area contributed by atoms with Crippen LogP contribution in [0.3, 0.4) is 0 Å². The second kappa shape index (κ2) is 6.70. The zero-order valence-electron chi connectivity index (χ0n) is 10.2. The van der Waals surface area contributed by atoms with Crippen LogP contribution in [0.15, 0.2) is 11.2 Å². The van der Waals surface area contributed by atoms with E-state index in [0.717, 1.165) is 36.0 Å². The highest BCUT2D eigenvalue weighted by molar-refractivity contribution is 7.99. The Balaban J connectivity index is 2.45. The van der Waals surface area contributed by atoms with E-state index in [-0.39, 0.29) is 0 Å². The third kappa shape index (κ3) is 3.98. The van der Waals surface area contributed by atoms with Crippen LogP contribution in [0.5, 0.6) is 0 Å². The fourth-order valence-electron chi connectivity index (χ4n) is 1.40. The van der Waals surface area contributed by atoms with Crippen molar-refractivity contribution in [2.24, 2.45) is 0 Å². The Hall–Kier alpha value is -0.810. The van der Waals surface area contributed by atoms with Gasteiger partial charge in [0.15, 0.2) is 0 Å². The summed E-state index contributed by atoms with van der Waals surface area (Å²) in [7, 11) is 0. The van der Waals surface area contributed by atoms with E-state index in [4.69, 9.17) is 5.73 Å². The highest BCUT2D eigenvalue weighted by Crippen LogP contribution is 2.19. The fraction of sp³-hybridized carbons (Fsp3) is 0.636. The monoisotopic (exact) mass is 240 g/mol. The highest BCUT2D eigenvalue weighted by Gasteiger charge is 2.04. The topological polar surface area (TPSA) is 55.0 Å². The Morgan fingerprint density at radius 2 is 2.06 bits per heavy atom. The molecule has 0 aliphatic heterocycles. The molecule has 0 amide bonds. The Kier molecular flexibility index (Phi) is 5.55. The molecular weight excluding hydrogens is 220 g/mol. The minimum atomic E-state index is 0.357. The van der Waals surface area contributed by atoms with Crippen LogP contribution in [0.2, 0.25) is 0 Å². The molecule has 0 bridgehead atoms. The maximum atomic E-state index is 5.57. The number of nitrogens with two attached hydrogens (primary N) is 1. The van der Waals surface area contributed by atoms with Crippen LogP contribution in [0, 0.1) is 6.92 Å². The largest absolute Gasteiger partial charge is 0.368 e. The van der Waals surface area contributed by atoms with Gasteiger partial charge in [-0.05, 0) is 25.6 Å². The maximum absolute atomic E-state index is 5.57. The molecule has 0 aromatic carbocycles. The van der Waals surface area contributed by atoms with Gasteiger partial charge in [-0.15, -0.1) is 11.8 Å². The first-order valence-electron chi connectivity index (χ1n) is 5.61. The summed E-state index contributed by atoms with van der Waals surface area (Å²) in [5.74, 6) is 1.40. The van der Waals surface area contributed by atoms with Crippen LogP contribution in [-0.4, -0.2) is 40.3 Å². The number of thioether (sulfide) groups is 1. The third-order valence-corrected chi connectivity index (χ3v) is 3.56. The fourth-order valence-corrected chi connectivity index (χ4v) is 2.38. The first kappa shape index (κ1) is 13.3. The van der Waals surface area contributed by atoms with Gasteiger partial charge < -0.3 is 10.6 Å². The minimum Gasteiger partial charge on any atom is -0.368 e. The van der Waals surface area contributed by atoms with Crippen LogP contribution < -0.4 is 5.73 Å². The smallest absolute Gasteiger partial charge is 0.221 e. The molecule has 1 aromatic heterocycles. The van der Waals surface area contributed by atoms with Gasteiger partial charge in [-0.3, -0.25) is 0 Å². The van der Waals surface area contributed by atoms with Crippen molar-refractivity contribution in [2.45, 2.75) is 25.8 Å². The molecule has 2 N–H and O–H groups in total. The summed E-state index contributed by atoms with van der Waals surface area (Å²) < 4.78 is 0. The van der Waals surface area contributed by atoms with Crippen molar-refractivity contribution >= 4 is 17.7 Å². The van der Waals surface area contributed by atoms with Gasteiger partial charge in [-0.1, -0.05) is 13.8 Å². The van der Waals surface area contributed by atoms with E-state index in [2.05, 4.69) is 28.7 Å². The number of hydrogen-bond donors (Lipinski definition) is 1. The molecule has 0 saturated carbocycles. The number of aryl methyl sites for hydroxylation is 1. The Labute approximate surface area is 102 Å². The second-order valence-electron chi connectivity index (χ2n) is 3.59. The van der Waals surface area contributed by atoms with Crippen LogP contribution in [0.1, 0.15) is 19.4 Å². The van der Waals surface area contributed by atoms with E-state index in [1.165, 1.54) is 0 Å². The molecule has 0 fully saturated rings. The van der Waals surface area contributed by atoms with Crippen LogP contribution in [0.25, 0.3) is 0 Å². The normalized spacial score (nSPS) is 11.0. The van der Waals surface area contributed by atoms with Gasteiger partial charge in [-0.2, -0.15) is 0 Å². The Morgan fingerprint density at radius 3 is 2.69 bits per heavy atom. The highest BCUT2D eigenvalue weighted by atomic mass is 32.2. The predicted octanol–water partition coefficient (Wildman–Crippen LogP) is 1.80. The van der Waals surface area contributed by atoms with Gasteiger partial charge in [0, 0.05) is 18.5 Å². The van der Waals surface area contributed by atoms with E-state index < -0.39 is 0 Å². The van der Waals surface area contributed by atoms with Crippen LogP contribution >= 0.6 is 11.8 Å². The first-order valence-corrected chi connectivity index (χ1v) is 6.60. The van der Waals surface area contributed by atoms with Gasteiger partial charge in [0.1, 0.15) is 5.03 Å². The van der Waals surface area contributed by atoms with Crippen molar-refractivity contribution < 1.29 is 0 Å². The number of nitrogen functional groups attached to an aromatic ring is 1. The summed E-state index contributed by atoms with van der Waals surface area (Å²) in [5.41, 5.74) is 6.66. The molecule has 0 spiro atoms. The summed E-state index contributed by atoms with van der Waals surface area (Å²) in [5, 5.41) is 1.000. The zero-order valence-corrected chi connectivity index (χ0v) is 11.0. The van der Waals surface area contributed by atoms with Crippen molar-refractivity contribution in [3.63, 3.8) is 0 Å². The lowest BCUT2D eigenvalue weighted by molar-refractivity contribution is 0.324.